The van der Waals surface area contributed by atoms with Gasteiger partial charge in [0.15, 0.2) is 5.76 Å². The molecule has 0 spiro atoms. The fourth-order valence-electron chi connectivity index (χ4n) is 2.61. The van der Waals surface area contributed by atoms with Crippen molar-refractivity contribution in [2.24, 2.45) is 0 Å². The van der Waals surface area contributed by atoms with Crippen LogP contribution >= 0.6 is 11.6 Å². The Morgan fingerprint density at radius 3 is 2.80 bits per heavy atom. The maximum absolute atomic E-state index is 12.6. The molecule has 1 aliphatic rings. The Kier molecular flexibility index (Phi) is 3.97. The van der Waals surface area contributed by atoms with Gasteiger partial charge in [0.25, 0.3) is 5.91 Å². The molecule has 1 heterocycles. The van der Waals surface area contributed by atoms with Crippen molar-refractivity contribution in [3.05, 3.63) is 36.1 Å². The molecule has 1 amide bonds. The Labute approximate surface area is 123 Å². The van der Waals surface area contributed by atoms with Crippen molar-refractivity contribution in [1.82, 2.24) is 4.90 Å². The van der Waals surface area contributed by atoms with E-state index in [1.807, 2.05) is 35.2 Å². The van der Waals surface area contributed by atoms with Gasteiger partial charge in [-0.05, 0) is 37.8 Å². The van der Waals surface area contributed by atoms with Crippen molar-refractivity contribution in [1.29, 1.82) is 0 Å². The molecule has 1 aliphatic carbocycles. The highest BCUT2D eigenvalue weighted by molar-refractivity contribution is 6.17. The summed E-state index contributed by atoms with van der Waals surface area (Å²) in [4.78, 5) is 14.6. The van der Waals surface area contributed by atoms with E-state index in [4.69, 9.17) is 16.0 Å². The Balaban J connectivity index is 1.83. The molecular formula is C16H18ClNO2. The van der Waals surface area contributed by atoms with Crippen LogP contribution in [0.5, 0.6) is 0 Å². The second-order valence-corrected chi connectivity index (χ2v) is 5.65. The quantitative estimate of drug-likeness (QED) is 0.779. The summed E-state index contributed by atoms with van der Waals surface area (Å²) in [6, 6.07) is 9.91. The minimum Gasteiger partial charge on any atom is -0.451 e. The molecule has 3 nitrogen and oxygen atoms in total. The summed E-state index contributed by atoms with van der Waals surface area (Å²) in [7, 11) is 0. The van der Waals surface area contributed by atoms with Gasteiger partial charge in [-0.25, -0.2) is 0 Å². The van der Waals surface area contributed by atoms with Gasteiger partial charge in [-0.15, -0.1) is 11.6 Å². The van der Waals surface area contributed by atoms with Crippen LogP contribution in [0, 0.1) is 0 Å². The minimum atomic E-state index is -0.00369. The summed E-state index contributed by atoms with van der Waals surface area (Å²) in [6.45, 7) is 0.712. The van der Waals surface area contributed by atoms with E-state index < -0.39 is 0 Å². The normalized spacial score (nSPS) is 15.2. The van der Waals surface area contributed by atoms with Crippen molar-refractivity contribution in [2.45, 2.75) is 31.7 Å². The molecule has 1 fully saturated rings. The lowest BCUT2D eigenvalue weighted by Gasteiger charge is -2.37. The summed E-state index contributed by atoms with van der Waals surface area (Å²) in [5.74, 6) is 1.01. The first-order chi connectivity index (χ1) is 9.79. The van der Waals surface area contributed by atoms with Gasteiger partial charge >= 0.3 is 0 Å². The monoisotopic (exact) mass is 291 g/mol. The molecule has 1 aromatic carbocycles. The van der Waals surface area contributed by atoms with Crippen LogP contribution in [0.3, 0.4) is 0 Å². The van der Waals surface area contributed by atoms with E-state index in [1.165, 1.54) is 6.42 Å². The van der Waals surface area contributed by atoms with Gasteiger partial charge in [0, 0.05) is 23.9 Å². The van der Waals surface area contributed by atoms with Gasteiger partial charge in [0.05, 0.1) is 0 Å². The maximum Gasteiger partial charge on any atom is 0.289 e. The van der Waals surface area contributed by atoms with E-state index in [1.54, 1.807) is 0 Å². The summed E-state index contributed by atoms with van der Waals surface area (Å²) < 4.78 is 5.69. The third-order valence-corrected chi connectivity index (χ3v) is 4.21. The molecular weight excluding hydrogens is 274 g/mol. The summed E-state index contributed by atoms with van der Waals surface area (Å²) in [6.07, 6.45) is 4.21. The van der Waals surface area contributed by atoms with Crippen molar-refractivity contribution < 1.29 is 9.21 Å². The van der Waals surface area contributed by atoms with E-state index in [2.05, 4.69) is 0 Å². The number of benzene rings is 1. The molecule has 0 aliphatic heterocycles. The lowest BCUT2D eigenvalue weighted by molar-refractivity contribution is 0.0551. The zero-order chi connectivity index (χ0) is 13.9. The summed E-state index contributed by atoms with van der Waals surface area (Å²) in [5.41, 5.74) is 0.766. The van der Waals surface area contributed by atoms with Gasteiger partial charge in [-0.3, -0.25) is 4.79 Å². The molecule has 0 atom stereocenters. The first-order valence-electron chi connectivity index (χ1n) is 7.15. The second-order valence-electron chi connectivity index (χ2n) is 5.27. The van der Waals surface area contributed by atoms with Gasteiger partial charge in [-0.2, -0.15) is 0 Å². The van der Waals surface area contributed by atoms with Crippen LogP contribution in [0.4, 0.5) is 0 Å². The number of carbonyl (C=O) groups excluding carboxylic acids is 1. The summed E-state index contributed by atoms with van der Waals surface area (Å²) >= 11 is 5.77. The first-order valence-corrected chi connectivity index (χ1v) is 7.68. The maximum atomic E-state index is 12.6. The second kappa shape index (κ2) is 5.88. The molecule has 0 N–H and O–H groups in total. The van der Waals surface area contributed by atoms with Crippen LogP contribution in [0.2, 0.25) is 0 Å². The SMILES string of the molecule is O=C(c1cc2ccccc2o1)N(CCCCl)C1CCC1. The van der Waals surface area contributed by atoms with Crippen LogP contribution in [0.15, 0.2) is 34.7 Å². The fourth-order valence-corrected chi connectivity index (χ4v) is 2.73. The van der Waals surface area contributed by atoms with E-state index in [9.17, 15) is 4.79 Å². The zero-order valence-corrected chi connectivity index (χ0v) is 12.1. The highest BCUT2D eigenvalue weighted by Crippen LogP contribution is 2.28. The largest absolute Gasteiger partial charge is 0.451 e. The van der Waals surface area contributed by atoms with Crippen LogP contribution in [0.1, 0.15) is 36.2 Å². The van der Waals surface area contributed by atoms with Crippen LogP contribution in [-0.2, 0) is 0 Å². The average molecular weight is 292 g/mol. The van der Waals surface area contributed by atoms with Gasteiger partial charge < -0.3 is 9.32 Å². The smallest absolute Gasteiger partial charge is 0.289 e. The fraction of sp³-hybridized carbons (Fsp3) is 0.438. The average Bonchev–Trinajstić information content (AvgIpc) is 2.84. The Morgan fingerprint density at radius 1 is 1.35 bits per heavy atom. The molecule has 0 saturated heterocycles. The van der Waals surface area contributed by atoms with E-state index in [-0.39, 0.29) is 5.91 Å². The third kappa shape index (κ3) is 2.55. The number of hydrogen-bond donors (Lipinski definition) is 0. The lowest BCUT2D eigenvalue weighted by Crippen LogP contribution is -2.44. The topological polar surface area (TPSA) is 33.5 Å². The van der Waals surface area contributed by atoms with Gasteiger partial charge in [-0.1, -0.05) is 18.2 Å². The van der Waals surface area contributed by atoms with Crippen LogP contribution in [-0.4, -0.2) is 29.3 Å². The number of para-hydroxylation sites is 1. The van der Waals surface area contributed by atoms with Crippen molar-refractivity contribution in [3.63, 3.8) is 0 Å². The molecule has 2 aromatic rings. The number of halogens is 1. The van der Waals surface area contributed by atoms with Crippen LogP contribution < -0.4 is 0 Å². The molecule has 4 heteroatoms. The number of amides is 1. The predicted octanol–water partition coefficient (Wildman–Crippen LogP) is 4.06. The van der Waals surface area contributed by atoms with Crippen molar-refractivity contribution in [3.8, 4) is 0 Å². The Hall–Kier alpha value is -1.48. The number of hydrogen-bond acceptors (Lipinski definition) is 2. The highest BCUT2D eigenvalue weighted by Gasteiger charge is 2.30. The van der Waals surface area contributed by atoms with Crippen molar-refractivity contribution in [2.75, 3.05) is 12.4 Å². The number of rotatable bonds is 5. The first kappa shape index (κ1) is 13.5. The summed E-state index contributed by atoms with van der Waals surface area (Å²) in [5, 5.41) is 0.974. The molecule has 20 heavy (non-hydrogen) atoms. The third-order valence-electron chi connectivity index (χ3n) is 3.95. The molecule has 0 radical (unpaired) electrons. The molecule has 1 aromatic heterocycles. The predicted molar refractivity (Wildman–Crippen MR) is 80.2 cm³/mol. The highest BCUT2D eigenvalue weighted by atomic mass is 35.5. The van der Waals surface area contributed by atoms with Crippen LogP contribution in [0.25, 0.3) is 11.0 Å². The molecule has 0 unspecified atom stereocenters. The number of furan rings is 1. The van der Waals surface area contributed by atoms with E-state index >= 15 is 0 Å². The molecule has 106 valence electrons. The number of alkyl halides is 1. The lowest BCUT2D eigenvalue weighted by atomic mass is 9.91. The van der Waals surface area contributed by atoms with Gasteiger partial charge in [0.2, 0.25) is 0 Å². The van der Waals surface area contributed by atoms with E-state index in [0.29, 0.717) is 24.2 Å². The number of nitrogens with zero attached hydrogens (tertiary/aromatic N) is 1. The Morgan fingerprint density at radius 2 is 2.15 bits per heavy atom. The number of fused-ring (bicyclic) bond motifs is 1. The Bertz CT molecular complexity index is 570. The molecule has 3 rings (SSSR count). The molecule has 1 saturated carbocycles. The standard InChI is InChI=1S/C16H18ClNO2/c17-9-4-10-18(13-6-3-7-13)16(19)15-11-12-5-1-2-8-14(12)20-15/h1-2,5,8,11,13H,3-4,6-7,9-10H2. The zero-order valence-electron chi connectivity index (χ0n) is 11.3. The van der Waals surface area contributed by atoms with Crippen molar-refractivity contribution >= 4 is 28.5 Å². The van der Waals surface area contributed by atoms with E-state index in [0.717, 1.165) is 30.2 Å². The number of carbonyl (C=O) groups is 1. The minimum absolute atomic E-state index is 0.00369. The molecule has 0 bridgehead atoms. The van der Waals surface area contributed by atoms with Gasteiger partial charge in [0.1, 0.15) is 5.58 Å².